The Balaban J connectivity index is 2.14. The van der Waals surface area contributed by atoms with Gasteiger partial charge < -0.3 is 10.6 Å². The van der Waals surface area contributed by atoms with E-state index in [2.05, 4.69) is 10.6 Å². The maximum Gasteiger partial charge on any atom is 0.243 e. The van der Waals surface area contributed by atoms with Crippen LogP contribution in [-0.4, -0.2) is 44.3 Å². The number of rotatable bonds is 4. The molecule has 1 saturated heterocycles. The van der Waals surface area contributed by atoms with Crippen LogP contribution >= 0.6 is 0 Å². The molecular weight excluding hydrogens is 290 g/mol. The molecule has 2 N–H and O–H groups in total. The molecule has 0 radical (unpaired) electrons. The van der Waals surface area contributed by atoms with Crippen LogP contribution in [-0.2, 0) is 21.4 Å². The summed E-state index contributed by atoms with van der Waals surface area (Å²) >= 11 is 0. The molecule has 1 aliphatic heterocycles. The Bertz CT molecular complexity index is 598. The molecule has 1 aliphatic rings. The van der Waals surface area contributed by atoms with Crippen LogP contribution in [0.15, 0.2) is 29.2 Å². The van der Waals surface area contributed by atoms with Gasteiger partial charge in [-0.15, -0.1) is 0 Å². The number of benzene rings is 1. The van der Waals surface area contributed by atoms with Crippen molar-refractivity contribution in [1.82, 2.24) is 14.9 Å². The molecule has 1 heterocycles. The maximum atomic E-state index is 12.6. The number of hydrogen-bond acceptors (Lipinski definition) is 4. The summed E-state index contributed by atoms with van der Waals surface area (Å²) in [6.45, 7) is 5.57. The fraction of sp³-hybridized carbons (Fsp3) is 0.500. The van der Waals surface area contributed by atoms with Gasteiger partial charge in [0.15, 0.2) is 0 Å². The number of nitrogens with one attached hydrogen (secondary N) is 2. The number of hydrogen-bond donors (Lipinski definition) is 2. The Morgan fingerprint density at radius 1 is 1.38 bits per heavy atom. The summed E-state index contributed by atoms with van der Waals surface area (Å²) < 4.78 is 26.7. The van der Waals surface area contributed by atoms with Crippen LogP contribution in [0.25, 0.3) is 0 Å². The zero-order chi connectivity index (χ0) is 15.5. The normalized spacial score (nSPS) is 20.2. The summed E-state index contributed by atoms with van der Waals surface area (Å²) in [6.07, 6.45) is 0. The lowest BCUT2D eigenvalue weighted by Crippen LogP contribution is -2.52. The van der Waals surface area contributed by atoms with E-state index in [-0.39, 0.29) is 11.9 Å². The molecule has 0 unspecified atom stereocenters. The van der Waals surface area contributed by atoms with E-state index in [9.17, 15) is 13.2 Å². The van der Waals surface area contributed by atoms with Gasteiger partial charge in [0.2, 0.25) is 15.9 Å². The SMILES string of the molecule is CC(=O)NCc1ccc(S(=O)(=O)N2CCNC[C@H]2C)cc1. The number of carbonyl (C=O) groups is 1. The van der Waals surface area contributed by atoms with Gasteiger partial charge in [-0.2, -0.15) is 4.31 Å². The van der Waals surface area contributed by atoms with Gasteiger partial charge >= 0.3 is 0 Å². The molecule has 1 atom stereocenters. The van der Waals surface area contributed by atoms with Crippen LogP contribution in [0, 0.1) is 0 Å². The largest absolute Gasteiger partial charge is 0.352 e. The first-order valence-electron chi connectivity index (χ1n) is 6.97. The maximum absolute atomic E-state index is 12.6. The number of sulfonamides is 1. The Kier molecular flexibility index (Phi) is 4.97. The minimum absolute atomic E-state index is 0.0530. The first-order valence-corrected chi connectivity index (χ1v) is 8.41. The van der Waals surface area contributed by atoms with Gasteiger partial charge in [-0.05, 0) is 24.6 Å². The summed E-state index contributed by atoms with van der Waals surface area (Å²) in [5, 5.41) is 5.86. The lowest BCUT2D eigenvalue weighted by molar-refractivity contribution is -0.119. The highest BCUT2D eigenvalue weighted by Gasteiger charge is 2.30. The fourth-order valence-electron chi connectivity index (χ4n) is 2.32. The molecule has 0 aliphatic carbocycles. The molecule has 2 rings (SSSR count). The Labute approximate surface area is 125 Å². The summed E-state index contributed by atoms with van der Waals surface area (Å²) in [6, 6.07) is 6.61. The third-order valence-corrected chi connectivity index (χ3v) is 5.54. The first-order chi connectivity index (χ1) is 9.91. The second-order valence-corrected chi connectivity index (χ2v) is 7.11. The van der Waals surface area contributed by atoms with Gasteiger partial charge in [0.25, 0.3) is 0 Å². The van der Waals surface area contributed by atoms with E-state index < -0.39 is 10.0 Å². The molecule has 0 spiro atoms. The predicted octanol–water partition coefficient (Wildman–Crippen LogP) is 0.305. The van der Waals surface area contributed by atoms with Crippen LogP contribution in [0.4, 0.5) is 0 Å². The molecular formula is C14H21N3O3S. The third kappa shape index (κ3) is 3.81. The Hall–Kier alpha value is -1.44. The molecule has 1 aromatic rings. The number of nitrogens with zero attached hydrogens (tertiary/aromatic N) is 1. The summed E-state index contributed by atoms with van der Waals surface area (Å²) in [5.74, 6) is -0.110. The number of amides is 1. The van der Waals surface area contributed by atoms with Crippen molar-refractivity contribution in [1.29, 1.82) is 0 Å². The summed E-state index contributed by atoms with van der Waals surface area (Å²) in [5.41, 5.74) is 0.873. The van der Waals surface area contributed by atoms with Crippen molar-refractivity contribution in [2.45, 2.75) is 31.3 Å². The van der Waals surface area contributed by atoms with Crippen molar-refractivity contribution in [3.05, 3.63) is 29.8 Å². The molecule has 7 heteroatoms. The summed E-state index contributed by atoms with van der Waals surface area (Å²) in [7, 11) is -3.45. The summed E-state index contributed by atoms with van der Waals surface area (Å²) in [4.78, 5) is 11.2. The van der Waals surface area contributed by atoms with Gasteiger partial charge in [0.05, 0.1) is 4.90 Å². The lowest BCUT2D eigenvalue weighted by Gasteiger charge is -2.32. The van der Waals surface area contributed by atoms with Gasteiger partial charge in [-0.25, -0.2) is 8.42 Å². The zero-order valence-electron chi connectivity index (χ0n) is 12.3. The van der Waals surface area contributed by atoms with Crippen LogP contribution in [0.5, 0.6) is 0 Å². The average Bonchev–Trinajstić information content (AvgIpc) is 2.46. The molecule has 21 heavy (non-hydrogen) atoms. The van der Waals surface area contributed by atoms with Gasteiger partial charge in [-0.3, -0.25) is 4.79 Å². The first kappa shape index (κ1) is 15.9. The van der Waals surface area contributed by atoms with E-state index in [0.717, 1.165) is 5.56 Å². The second kappa shape index (κ2) is 6.55. The quantitative estimate of drug-likeness (QED) is 0.838. The molecule has 0 saturated carbocycles. The molecule has 6 nitrogen and oxygen atoms in total. The standard InChI is InChI=1S/C14H21N3O3S/c1-11-9-15-7-8-17(11)21(19,20)14-5-3-13(4-6-14)10-16-12(2)18/h3-6,11,15H,7-10H2,1-2H3,(H,16,18)/t11-/m1/s1. The second-order valence-electron chi connectivity index (χ2n) is 5.22. The van der Waals surface area contributed by atoms with Crippen molar-refractivity contribution in [2.24, 2.45) is 0 Å². The molecule has 116 valence electrons. The van der Waals surface area contributed by atoms with E-state index in [1.54, 1.807) is 24.3 Å². The van der Waals surface area contributed by atoms with E-state index in [0.29, 0.717) is 31.1 Å². The van der Waals surface area contributed by atoms with Crippen LogP contribution in [0.2, 0.25) is 0 Å². The molecule has 1 aromatic carbocycles. The fourth-order valence-corrected chi connectivity index (χ4v) is 3.95. The van der Waals surface area contributed by atoms with Crippen molar-refractivity contribution in [2.75, 3.05) is 19.6 Å². The van der Waals surface area contributed by atoms with Gasteiger partial charge in [-0.1, -0.05) is 12.1 Å². The van der Waals surface area contributed by atoms with Crippen molar-refractivity contribution >= 4 is 15.9 Å². The zero-order valence-corrected chi connectivity index (χ0v) is 13.1. The highest BCUT2D eigenvalue weighted by molar-refractivity contribution is 7.89. The highest BCUT2D eigenvalue weighted by Crippen LogP contribution is 2.19. The molecule has 1 fully saturated rings. The molecule has 0 bridgehead atoms. The molecule has 0 aromatic heterocycles. The van der Waals surface area contributed by atoms with E-state index in [4.69, 9.17) is 0 Å². The van der Waals surface area contributed by atoms with Crippen LogP contribution in [0.1, 0.15) is 19.4 Å². The number of carbonyl (C=O) groups excluding carboxylic acids is 1. The Morgan fingerprint density at radius 2 is 2.05 bits per heavy atom. The lowest BCUT2D eigenvalue weighted by atomic mass is 10.2. The smallest absolute Gasteiger partial charge is 0.243 e. The minimum atomic E-state index is -3.45. The highest BCUT2D eigenvalue weighted by atomic mass is 32.2. The minimum Gasteiger partial charge on any atom is -0.352 e. The Morgan fingerprint density at radius 3 is 2.62 bits per heavy atom. The topological polar surface area (TPSA) is 78.5 Å². The number of piperazine rings is 1. The van der Waals surface area contributed by atoms with Crippen LogP contribution in [0.3, 0.4) is 0 Å². The monoisotopic (exact) mass is 311 g/mol. The van der Waals surface area contributed by atoms with Crippen molar-refractivity contribution in [3.8, 4) is 0 Å². The predicted molar refractivity (Wildman–Crippen MR) is 80.2 cm³/mol. The van der Waals surface area contributed by atoms with Gasteiger partial charge in [0.1, 0.15) is 0 Å². The van der Waals surface area contributed by atoms with E-state index in [1.165, 1.54) is 11.2 Å². The third-order valence-electron chi connectivity index (χ3n) is 3.51. The van der Waals surface area contributed by atoms with Gasteiger partial charge in [0, 0.05) is 39.1 Å². The average molecular weight is 311 g/mol. The van der Waals surface area contributed by atoms with Crippen LogP contribution < -0.4 is 10.6 Å². The van der Waals surface area contributed by atoms with Crippen molar-refractivity contribution < 1.29 is 13.2 Å². The molecule has 1 amide bonds. The van der Waals surface area contributed by atoms with E-state index >= 15 is 0 Å². The van der Waals surface area contributed by atoms with Crippen molar-refractivity contribution in [3.63, 3.8) is 0 Å². The van der Waals surface area contributed by atoms with E-state index in [1.807, 2.05) is 6.92 Å².